The van der Waals surface area contributed by atoms with Crippen LogP contribution in [0.2, 0.25) is 0 Å². The van der Waals surface area contributed by atoms with Gasteiger partial charge in [0.2, 0.25) is 0 Å². The minimum absolute atomic E-state index is 0.0761. The minimum atomic E-state index is -0.363. The fraction of sp³-hybridized carbons (Fsp3) is 0.353. The van der Waals surface area contributed by atoms with Crippen LogP contribution in [0.4, 0.5) is 0 Å². The van der Waals surface area contributed by atoms with Crippen molar-refractivity contribution >= 4 is 17.3 Å². The van der Waals surface area contributed by atoms with E-state index >= 15 is 0 Å². The monoisotopic (exact) mass is 320 g/mol. The molecule has 0 bridgehead atoms. The fourth-order valence-electron chi connectivity index (χ4n) is 1.94. The predicted molar refractivity (Wildman–Crippen MR) is 86.8 cm³/mol. The minimum Gasteiger partial charge on any atom is -0.493 e. The molecule has 2 rings (SSSR count). The third kappa shape index (κ3) is 5.07. The Bertz CT molecular complexity index is 593. The molecular formula is C17H20O4S. The van der Waals surface area contributed by atoms with E-state index in [2.05, 4.69) is 11.4 Å². The number of hydrogen-bond donors (Lipinski definition) is 0. The van der Waals surface area contributed by atoms with E-state index in [1.165, 1.54) is 4.88 Å². The van der Waals surface area contributed by atoms with Gasteiger partial charge in [-0.25, -0.2) is 4.79 Å². The summed E-state index contributed by atoms with van der Waals surface area (Å²) in [6.45, 7) is 4.62. The number of esters is 1. The molecule has 0 aliphatic rings. The van der Waals surface area contributed by atoms with Crippen molar-refractivity contribution in [2.24, 2.45) is 0 Å². The molecule has 0 aliphatic heterocycles. The summed E-state index contributed by atoms with van der Waals surface area (Å²) in [5, 5.41) is 2.06. The zero-order valence-corrected chi connectivity index (χ0v) is 13.7. The van der Waals surface area contributed by atoms with Crippen molar-refractivity contribution in [3.05, 3.63) is 46.2 Å². The van der Waals surface area contributed by atoms with E-state index in [1.54, 1.807) is 18.3 Å². The molecule has 0 spiro atoms. The summed E-state index contributed by atoms with van der Waals surface area (Å²) >= 11 is 1.73. The second-order valence-electron chi connectivity index (χ2n) is 4.70. The maximum atomic E-state index is 11.3. The third-order valence-corrected chi connectivity index (χ3v) is 3.93. The number of carbonyl (C=O) groups is 1. The van der Waals surface area contributed by atoms with Crippen molar-refractivity contribution in [1.29, 1.82) is 0 Å². The van der Waals surface area contributed by atoms with Gasteiger partial charge >= 0.3 is 5.97 Å². The predicted octanol–water partition coefficient (Wildman–Crippen LogP) is 3.62. The number of rotatable bonds is 8. The van der Waals surface area contributed by atoms with E-state index in [1.807, 2.05) is 31.2 Å². The van der Waals surface area contributed by atoms with Crippen LogP contribution in [0.3, 0.4) is 0 Å². The molecule has 0 saturated heterocycles. The van der Waals surface area contributed by atoms with Gasteiger partial charge in [0, 0.05) is 11.3 Å². The molecule has 0 aliphatic carbocycles. The summed E-state index contributed by atoms with van der Waals surface area (Å²) in [6.07, 6.45) is 0.901. The van der Waals surface area contributed by atoms with Crippen LogP contribution in [0.15, 0.2) is 35.7 Å². The molecule has 1 aromatic carbocycles. The van der Waals surface area contributed by atoms with Crippen LogP contribution in [0.1, 0.15) is 17.4 Å². The number of thiophene rings is 1. The topological polar surface area (TPSA) is 44.8 Å². The van der Waals surface area contributed by atoms with Gasteiger partial charge in [0.05, 0.1) is 13.2 Å². The quantitative estimate of drug-likeness (QED) is 0.697. The molecule has 0 unspecified atom stereocenters. The molecule has 0 saturated carbocycles. The van der Waals surface area contributed by atoms with Crippen LogP contribution < -0.4 is 9.47 Å². The van der Waals surface area contributed by atoms with Gasteiger partial charge in [0.15, 0.2) is 6.61 Å². The first-order valence-electron chi connectivity index (χ1n) is 7.23. The second-order valence-corrected chi connectivity index (χ2v) is 5.73. The molecule has 2 aromatic rings. The lowest BCUT2D eigenvalue weighted by atomic mass is 10.2. The Morgan fingerprint density at radius 3 is 2.77 bits per heavy atom. The second kappa shape index (κ2) is 8.44. The number of carbonyl (C=O) groups excluding carboxylic acids is 1. The number of benzene rings is 1. The van der Waals surface area contributed by atoms with Crippen LogP contribution in [0.5, 0.6) is 11.5 Å². The Hall–Kier alpha value is -2.01. The first-order valence-corrected chi connectivity index (χ1v) is 8.11. The molecule has 0 fully saturated rings. The lowest BCUT2D eigenvalue weighted by Gasteiger charge is -2.11. The largest absolute Gasteiger partial charge is 0.493 e. The van der Waals surface area contributed by atoms with Gasteiger partial charge in [-0.15, -0.1) is 11.3 Å². The molecule has 0 N–H and O–H groups in total. The number of hydrogen-bond acceptors (Lipinski definition) is 5. The first-order chi connectivity index (χ1) is 10.7. The zero-order chi connectivity index (χ0) is 15.8. The Morgan fingerprint density at radius 1 is 1.23 bits per heavy atom. The highest BCUT2D eigenvalue weighted by Gasteiger charge is 2.06. The van der Waals surface area contributed by atoms with Gasteiger partial charge in [-0.1, -0.05) is 6.07 Å². The Morgan fingerprint density at radius 2 is 2.09 bits per heavy atom. The standard InChI is InChI=1S/C17H20O4S/c1-3-19-17(18)12-21-16-7-6-14(11-13(16)2)20-9-8-15-5-4-10-22-15/h4-7,10-11H,3,8-9,12H2,1-2H3. The highest BCUT2D eigenvalue weighted by atomic mass is 32.1. The molecule has 5 heteroatoms. The molecule has 0 radical (unpaired) electrons. The summed E-state index contributed by atoms with van der Waals surface area (Å²) in [6, 6.07) is 9.72. The number of ether oxygens (including phenoxy) is 3. The summed E-state index contributed by atoms with van der Waals surface area (Å²) in [5.41, 5.74) is 0.929. The van der Waals surface area contributed by atoms with Crippen LogP contribution in [0, 0.1) is 6.92 Å². The molecule has 0 amide bonds. The van der Waals surface area contributed by atoms with Gasteiger partial charge in [-0.3, -0.25) is 0 Å². The van der Waals surface area contributed by atoms with E-state index in [4.69, 9.17) is 14.2 Å². The molecule has 4 nitrogen and oxygen atoms in total. The van der Waals surface area contributed by atoms with Crippen LogP contribution in [0.25, 0.3) is 0 Å². The summed E-state index contributed by atoms with van der Waals surface area (Å²) in [5.74, 6) is 1.11. The highest BCUT2D eigenvalue weighted by Crippen LogP contribution is 2.23. The SMILES string of the molecule is CCOC(=O)COc1ccc(OCCc2cccs2)cc1C. The zero-order valence-electron chi connectivity index (χ0n) is 12.8. The smallest absolute Gasteiger partial charge is 0.344 e. The van der Waals surface area contributed by atoms with Gasteiger partial charge in [-0.05, 0) is 49.1 Å². The fourth-order valence-corrected chi connectivity index (χ4v) is 2.63. The summed E-state index contributed by atoms with van der Waals surface area (Å²) in [7, 11) is 0. The van der Waals surface area contributed by atoms with Crippen LogP contribution in [-0.4, -0.2) is 25.8 Å². The molecule has 118 valence electrons. The normalized spacial score (nSPS) is 10.3. The van der Waals surface area contributed by atoms with Gasteiger partial charge in [0.1, 0.15) is 11.5 Å². The average Bonchev–Trinajstić information content (AvgIpc) is 3.00. The Kier molecular flexibility index (Phi) is 6.27. The van der Waals surface area contributed by atoms with Gasteiger partial charge in [0.25, 0.3) is 0 Å². The maximum Gasteiger partial charge on any atom is 0.344 e. The Labute approximate surface area is 134 Å². The highest BCUT2D eigenvalue weighted by molar-refractivity contribution is 7.09. The first kappa shape index (κ1) is 16.4. The van der Waals surface area contributed by atoms with E-state index in [0.29, 0.717) is 19.0 Å². The van der Waals surface area contributed by atoms with E-state index in [0.717, 1.165) is 17.7 Å². The molecular weight excluding hydrogens is 300 g/mol. The lowest BCUT2D eigenvalue weighted by molar-refractivity contribution is -0.145. The van der Waals surface area contributed by atoms with Crippen molar-refractivity contribution in [3.63, 3.8) is 0 Å². The number of aryl methyl sites for hydroxylation is 1. The van der Waals surface area contributed by atoms with Crippen molar-refractivity contribution in [2.45, 2.75) is 20.3 Å². The summed E-state index contributed by atoms with van der Waals surface area (Å²) < 4.78 is 16.0. The molecule has 1 aromatic heterocycles. The van der Waals surface area contributed by atoms with Gasteiger partial charge in [-0.2, -0.15) is 0 Å². The van der Waals surface area contributed by atoms with E-state index in [9.17, 15) is 4.79 Å². The Balaban J connectivity index is 1.82. The molecule has 0 atom stereocenters. The lowest BCUT2D eigenvalue weighted by Crippen LogP contribution is -2.14. The summed E-state index contributed by atoms with van der Waals surface area (Å²) in [4.78, 5) is 12.6. The third-order valence-electron chi connectivity index (χ3n) is 2.99. The van der Waals surface area contributed by atoms with E-state index in [-0.39, 0.29) is 12.6 Å². The van der Waals surface area contributed by atoms with Crippen molar-refractivity contribution in [1.82, 2.24) is 0 Å². The van der Waals surface area contributed by atoms with E-state index < -0.39 is 0 Å². The van der Waals surface area contributed by atoms with Gasteiger partial charge < -0.3 is 14.2 Å². The van der Waals surface area contributed by atoms with Crippen LogP contribution >= 0.6 is 11.3 Å². The maximum absolute atomic E-state index is 11.3. The molecule has 1 heterocycles. The average molecular weight is 320 g/mol. The van der Waals surface area contributed by atoms with Crippen molar-refractivity contribution < 1.29 is 19.0 Å². The van der Waals surface area contributed by atoms with Crippen molar-refractivity contribution in [2.75, 3.05) is 19.8 Å². The van der Waals surface area contributed by atoms with Crippen LogP contribution in [-0.2, 0) is 16.0 Å². The molecule has 22 heavy (non-hydrogen) atoms. The van der Waals surface area contributed by atoms with Crippen molar-refractivity contribution in [3.8, 4) is 11.5 Å².